The van der Waals surface area contributed by atoms with Gasteiger partial charge in [0, 0.05) is 37.4 Å². The van der Waals surface area contributed by atoms with Gasteiger partial charge < -0.3 is 10.1 Å². The molecule has 158 valence electrons. The van der Waals surface area contributed by atoms with Crippen LogP contribution in [0.2, 0.25) is 10.0 Å². The number of fused-ring (bicyclic) bond motifs is 2. The van der Waals surface area contributed by atoms with E-state index in [1.165, 1.54) is 11.8 Å². The van der Waals surface area contributed by atoms with Crippen molar-refractivity contribution >= 4 is 35.0 Å². The summed E-state index contributed by atoms with van der Waals surface area (Å²) in [6.45, 7) is 4.29. The van der Waals surface area contributed by atoms with E-state index in [-0.39, 0.29) is 11.5 Å². The molecule has 3 aromatic rings. The predicted octanol–water partition coefficient (Wildman–Crippen LogP) is 5.89. The summed E-state index contributed by atoms with van der Waals surface area (Å²) in [5, 5.41) is 21.4. The lowest BCUT2D eigenvalue weighted by atomic mass is 9.88. The van der Waals surface area contributed by atoms with E-state index in [2.05, 4.69) is 23.8 Å². The quantitative estimate of drug-likeness (QED) is 0.349. The number of halogens is 2. The molecule has 0 radical (unpaired) electrons. The van der Waals surface area contributed by atoms with Crippen LogP contribution in [-0.2, 0) is 6.42 Å². The van der Waals surface area contributed by atoms with Gasteiger partial charge in [0.05, 0.1) is 12.3 Å². The highest BCUT2D eigenvalue weighted by Crippen LogP contribution is 2.35. The van der Waals surface area contributed by atoms with Crippen LogP contribution in [-0.4, -0.2) is 26.6 Å². The van der Waals surface area contributed by atoms with Crippen molar-refractivity contribution in [1.82, 2.24) is 9.97 Å². The number of imidazole rings is 1. The van der Waals surface area contributed by atoms with Crippen LogP contribution in [0.15, 0.2) is 52.4 Å². The third kappa shape index (κ3) is 5.35. The van der Waals surface area contributed by atoms with Crippen LogP contribution in [0.1, 0.15) is 48.5 Å². The van der Waals surface area contributed by atoms with Crippen LogP contribution in [0.5, 0.6) is 0 Å². The summed E-state index contributed by atoms with van der Waals surface area (Å²) in [5.74, 6) is 1.12. The Hall–Kier alpha value is -2.06. The van der Waals surface area contributed by atoms with Gasteiger partial charge in [0.25, 0.3) is 6.04 Å². The van der Waals surface area contributed by atoms with Gasteiger partial charge >= 0.3 is 0 Å². The Bertz CT molecular complexity index is 1010. The molecule has 2 N–H and O–H groups in total. The first-order chi connectivity index (χ1) is 14.3. The first-order valence-corrected chi connectivity index (χ1v) is 10.9. The minimum Gasteiger partial charge on any atom is -0.396 e. The van der Waals surface area contributed by atoms with Crippen molar-refractivity contribution in [3.63, 3.8) is 0 Å². The zero-order valence-corrected chi connectivity index (χ0v) is 18.8. The summed E-state index contributed by atoms with van der Waals surface area (Å²) in [6.07, 6.45) is 0.524. The number of aromatic amines is 1. The molecular weight excluding hydrogens is 445 g/mol. The van der Waals surface area contributed by atoms with E-state index in [0.29, 0.717) is 22.4 Å². The molecule has 2 aromatic carbocycles. The highest BCUT2D eigenvalue weighted by Gasteiger charge is 2.33. The van der Waals surface area contributed by atoms with Gasteiger partial charge in [-0.1, -0.05) is 67.0 Å². The van der Waals surface area contributed by atoms with Crippen LogP contribution >= 0.6 is 35.0 Å². The molecule has 0 aliphatic heterocycles. The molecule has 2 aliphatic carbocycles. The number of aromatic nitrogens is 2. The lowest BCUT2D eigenvalue weighted by molar-refractivity contribution is -0.520. The lowest BCUT2D eigenvalue weighted by Gasteiger charge is -2.18. The fourth-order valence-electron chi connectivity index (χ4n) is 3.05. The predicted molar refractivity (Wildman–Crippen MR) is 119 cm³/mol. The fraction of sp³-hybridized carbons (Fsp3) is 0.286. The zero-order valence-electron chi connectivity index (χ0n) is 16.4. The molecule has 9 heteroatoms. The number of rotatable bonds is 6. The summed E-state index contributed by atoms with van der Waals surface area (Å²) < 4.78 is 0. The maximum absolute atomic E-state index is 10.3. The number of aliphatic hydroxyl groups excluding tert-OH is 1. The van der Waals surface area contributed by atoms with E-state index in [9.17, 15) is 10.1 Å². The second-order valence-corrected chi connectivity index (χ2v) is 9.03. The standard InChI is InChI=1S/C14H16Cl2N2OS.C7H5NO2/c1-8(2)13-14(18-12(17-13)3-4-19)20-11-6-9(15)5-10(16)7-11;9-8(10)7-5-2-1-3-6(7)4-5/h5-8,19H,3-4H2,1-2H3,(H,17,18);1-4,7H. The molecule has 0 unspecified atom stereocenters. The topological polar surface area (TPSA) is 92.0 Å². The van der Waals surface area contributed by atoms with Gasteiger partial charge in [-0.3, -0.25) is 10.1 Å². The first kappa shape index (κ1) is 22.6. The van der Waals surface area contributed by atoms with Crippen LogP contribution < -0.4 is 0 Å². The van der Waals surface area contributed by atoms with Gasteiger partial charge in [-0.2, -0.15) is 0 Å². The molecule has 0 atom stereocenters. The number of nitrogens with zero attached hydrogens (tertiary/aromatic N) is 2. The SMILES string of the molecule is CC(C)c1[nH]c(CCO)nc1Sc1cc(Cl)cc(Cl)c1.O=[N+]([O-])C1c2cccc1c2. The molecule has 1 heterocycles. The molecular formula is C21H21Cl2N3O3S. The van der Waals surface area contributed by atoms with E-state index in [4.69, 9.17) is 28.3 Å². The van der Waals surface area contributed by atoms with E-state index in [1.807, 2.05) is 24.3 Å². The van der Waals surface area contributed by atoms with Gasteiger partial charge in [-0.25, -0.2) is 4.98 Å². The van der Waals surface area contributed by atoms with Crippen LogP contribution in [0, 0.1) is 10.1 Å². The van der Waals surface area contributed by atoms with E-state index in [0.717, 1.165) is 32.6 Å². The van der Waals surface area contributed by atoms with Gasteiger partial charge in [0.2, 0.25) is 0 Å². The Kier molecular flexibility index (Phi) is 7.41. The van der Waals surface area contributed by atoms with Gasteiger partial charge in [0.15, 0.2) is 0 Å². The highest BCUT2D eigenvalue weighted by molar-refractivity contribution is 7.99. The summed E-state index contributed by atoms with van der Waals surface area (Å²) in [6, 6.07) is 12.1. The number of nitrogens with one attached hydrogen (secondary N) is 1. The second-order valence-electron chi connectivity index (χ2n) is 7.10. The Labute approximate surface area is 188 Å². The summed E-state index contributed by atoms with van der Waals surface area (Å²) in [5.41, 5.74) is 2.71. The molecule has 0 spiro atoms. The van der Waals surface area contributed by atoms with Gasteiger partial charge in [-0.15, -0.1) is 0 Å². The van der Waals surface area contributed by atoms with Crippen molar-refractivity contribution < 1.29 is 10.0 Å². The van der Waals surface area contributed by atoms with Crippen molar-refractivity contribution in [3.8, 4) is 0 Å². The number of benzene rings is 2. The van der Waals surface area contributed by atoms with Crippen molar-refractivity contribution in [3.05, 3.63) is 85.3 Å². The fourth-order valence-corrected chi connectivity index (χ4v) is 4.85. The van der Waals surface area contributed by atoms with Crippen molar-refractivity contribution in [2.24, 2.45) is 0 Å². The first-order valence-electron chi connectivity index (χ1n) is 9.35. The van der Waals surface area contributed by atoms with Crippen LogP contribution in [0.4, 0.5) is 0 Å². The van der Waals surface area contributed by atoms with E-state index < -0.39 is 6.04 Å². The number of nitro groups is 1. The molecule has 0 saturated carbocycles. The zero-order chi connectivity index (χ0) is 21.8. The van der Waals surface area contributed by atoms with Crippen molar-refractivity contribution in [2.75, 3.05) is 6.61 Å². The number of hydrogen-bond acceptors (Lipinski definition) is 5. The Morgan fingerprint density at radius 2 is 1.83 bits per heavy atom. The maximum atomic E-state index is 10.3. The van der Waals surface area contributed by atoms with Crippen LogP contribution in [0.3, 0.4) is 0 Å². The molecule has 2 aliphatic rings. The summed E-state index contributed by atoms with van der Waals surface area (Å²) >= 11 is 13.6. The summed E-state index contributed by atoms with van der Waals surface area (Å²) in [4.78, 5) is 18.8. The third-order valence-electron chi connectivity index (χ3n) is 4.48. The average Bonchev–Trinajstić information content (AvgIpc) is 3.04. The highest BCUT2D eigenvalue weighted by atomic mass is 35.5. The minimum atomic E-state index is -0.523. The minimum absolute atomic E-state index is 0.0815. The van der Waals surface area contributed by atoms with Gasteiger partial charge in [0.1, 0.15) is 10.9 Å². The smallest absolute Gasteiger partial charge is 0.263 e. The molecule has 30 heavy (non-hydrogen) atoms. The monoisotopic (exact) mass is 465 g/mol. The third-order valence-corrected chi connectivity index (χ3v) is 5.89. The lowest BCUT2D eigenvalue weighted by Crippen LogP contribution is -2.18. The number of aliphatic hydroxyl groups is 1. The largest absolute Gasteiger partial charge is 0.396 e. The maximum Gasteiger partial charge on any atom is 0.263 e. The number of H-pyrrole nitrogens is 1. The molecule has 0 amide bonds. The van der Waals surface area contributed by atoms with Gasteiger partial charge in [-0.05, 0) is 30.2 Å². The van der Waals surface area contributed by atoms with Crippen LogP contribution in [0.25, 0.3) is 0 Å². The number of hydrogen-bond donors (Lipinski definition) is 2. The van der Waals surface area contributed by atoms with E-state index >= 15 is 0 Å². The van der Waals surface area contributed by atoms with Crippen molar-refractivity contribution in [1.29, 1.82) is 0 Å². The summed E-state index contributed by atoms with van der Waals surface area (Å²) in [7, 11) is 0. The molecule has 2 bridgehead atoms. The van der Waals surface area contributed by atoms with Crippen molar-refractivity contribution in [2.45, 2.75) is 42.1 Å². The van der Waals surface area contributed by atoms with E-state index in [1.54, 1.807) is 18.2 Å². The Balaban J connectivity index is 0.000000212. The molecule has 5 rings (SSSR count). The average molecular weight is 466 g/mol. The molecule has 0 saturated heterocycles. The molecule has 1 aromatic heterocycles. The molecule has 6 nitrogen and oxygen atoms in total. The second kappa shape index (κ2) is 9.83. The normalized spacial score (nSPS) is 12.3. The Morgan fingerprint density at radius 3 is 2.30 bits per heavy atom. The Morgan fingerprint density at radius 1 is 1.20 bits per heavy atom. The molecule has 0 fully saturated rings.